The summed E-state index contributed by atoms with van der Waals surface area (Å²) in [5, 5.41) is 9.04. The van der Waals surface area contributed by atoms with Crippen LogP contribution in [0.1, 0.15) is 23.7 Å². The minimum absolute atomic E-state index is 0.180. The Morgan fingerprint density at radius 3 is 2.70 bits per heavy atom. The number of nitrogen functional groups attached to an aromatic ring is 1. The molecule has 0 aliphatic heterocycles. The lowest BCUT2D eigenvalue weighted by atomic mass is 10.2. The summed E-state index contributed by atoms with van der Waals surface area (Å²) < 4.78 is 31.7. The predicted octanol–water partition coefficient (Wildman–Crippen LogP) is 0.670. The number of hydrogen-bond donors (Lipinski definition) is 3. The van der Waals surface area contributed by atoms with Crippen molar-refractivity contribution in [1.82, 2.24) is 4.72 Å². The first-order valence-electron chi connectivity index (χ1n) is 5.92. The van der Waals surface area contributed by atoms with E-state index in [1.165, 1.54) is 19.2 Å². The fraction of sp³-hybridized carbons (Fsp3) is 0.417. The molecule has 0 spiro atoms. The van der Waals surface area contributed by atoms with Gasteiger partial charge in [0.05, 0.1) is 10.5 Å². The van der Waals surface area contributed by atoms with E-state index in [1.54, 1.807) is 6.92 Å². The maximum Gasteiger partial charge on any atom is 0.337 e. The van der Waals surface area contributed by atoms with Gasteiger partial charge in [-0.3, -0.25) is 0 Å². The molecule has 0 amide bonds. The van der Waals surface area contributed by atoms with Crippen LogP contribution in [-0.2, 0) is 14.8 Å². The number of hydrogen-bond acceptors (Lipinski definition) is 5. The van der Waals surface area contributed by atoms with Crippen molar-refractivity contribution in [3.8, 4) is 0 Å². The molecule has 7 nitrogen and oxygen atoms in total. The van der Waals surface area contributed by atoms with Gasteiger partial charge in [0.2, 0.25) is 10.0 Å². The molecule has 1 unspecified atom stereocenters. The average molecular weight is 302 g/mol. The van der Waals surface area contributed by atoms with Crippen molar-refractivity contribution in [2.45, 2.75) is 24.3 Å². The summed E-state index contributed by atoms with van der Waals surface area (Å²) in [6.45, 7) is 2.07. The molecular weight excluding hydrogens is 284 g/mol. The van der Waals surface area contributed by atoms with Crippen molar-refractivity contribution in [2.75, 3.05) is 19.5 Å². The molecule has 0 bridgehead atoms. The largest absolute Gasteiger partial charge is 0.478 e. The van der Waals surface area contributed by atoms with Crippen molar-refractivity contribution >= 4 is 21.7 Å². The van der Waals surface area contributed by atoms with E-state index in [1.807, 2.05) is 0 Å². The highest BCUT2D eigenvalue weighted by Crippen LogP contribution is 2.19. The SMILES string of the molecule is COCCC(C)NS(=O)(=O)c1cc(N)ccc1C(=O)O. The van der Waals surface area contributed by atoms with E-state index >= 15 is 0 Å². The minimum Gasteiger partial charge on any atom is -0.478 e. The molecule has 1 aromatic rings. The lowest BCUT2D eigenvalue weighted by Gasteiger charge is -2.15. The van der Waals surface area contributed by atoms with Crippen molar-refractivity contribution in [3.05, 3.63) is 23.8 Å². The number of methoxy groups -OCH3 is 1. The van der Waals surface area contributed by atoms with Gasteiger partial charge in [0.25, 0.3) is 0 Å². The molecule has 0 heterocycles. The van der Waals surface area contributed by atoms with Crippen LogP contribution in [0.5, 0.6) is 0 Å². The Balaban J connectivity index is 3.09. The van der Waals surface area contributed by atoms with E-state index in [9.17, 15) is 13.2 Å². The van der Waals surface area contributed by atoms with Crippen LogP contribution in [0.4, 0.5) is 5.69 Å². The number of nitrogens with one attached hydrogen (secondary N) is 1. The van der Waals surface area contributed by atoms with Gasteiger partial charge in [-0.25, -0.2) is 17.9 Å². The Morgan fingerprint density at radius 2 is 2.15 bits per heavy atom. The molecule has 0 radical (unpaired) electrons. The van der Waals surface area contributed by atoms with Crippen LogP contribution in [0.2, 0.25) is 0 Å². The van der Waals surface area contributed by atoms with Gasteiger partial charge in [0, 0.05) is 25.4 Å². The molecule has 0 saturated heterocycles. The Hall–Kier alpha value is -1.64. The van der Waals surface area contributed by atoms with Crippen LogP contribution in [0.25, 0.3) is 0 Å². The Kier molecular flexibility index (Phi) is 5.49. The predicted molar refractivity (Wildman–Crippen MR) is 74.1 cm³/mol. The first kappa shape index (κ1) is 16.4. The molecule has 20 heavy (non-hydrogen) atoms. The number of rotatable bonds is 7. The molecule has 8 heteroatoms. The topological polar surface area (TPSA) is 119 Å². The standard InChI is InChI=1S/C12H18N2O5S/c1-8(5-6-19-2)14-20(17,18)11-7-9(13)3-4-10(11)12(15)16/h3-4,7-8,14H,5-6,13H2,1-2H3,(H,15,16). The highest BCUT2D eigenvalue weighted by atomic mass is 32.2. The number of sulfonamides is 1. The molecule has 0 aromatic heterocycles. The maximum atomic E-state index is 12.2. The third-order valence-corrected chi connectivity index (χ3v) is 4.27. The number of ether oxygens (including phenoxy) is 1. The van der Waals surface area contributed by atoms with Gasteiger partial charge in [0.15, 0.2) is 0 Å². The van der Waals surface area contributed by atoms with E-state index in [0.717, 1.165) is 6.07 Å². The summed E-state index contributed by atoms with van der Waals surface area (Å²) in [6.07, 6.45) is 0.473. The van der Waals surface area contributed by atoms with Crippen molar-refractivity contribution in [2.24, 2.45) is 0 Å². The molecule has 112 valence electrons. The lowest BCUT2D eigenvalue weighted by molar-refractivity contribution is 0.0692. The number of carboxylic acids is 1. The highest BCUT2D eigenvalue weighted by Gasteiger charge is 2.24. The van der Waals surface area contributed by atoms with Crippen molar-refractivity contribution < 1.29 is 23.1 Å². The smallest absolute Gasteiger partial charge is 0.337 e. The number of carboxylic acid groups (broad SMARTS) is 1. The number of anilines is 1. The van der Waals surface area contributed by atoms with Gasteiger partial charge < -0.3 is 15.6 Å². The first-order chi connectivity index (χ1) is 9.27. The third-order valence-electron chi connectivity index (χ3n) is 2.64. The summed E-state index contributed by atoms with van der Waals surface area (Å²) in [5.74, 6) is -1.32. The second kappa shape index (κ2) is 6.69. The molecule has 4 N–H and O–H groups in total. The van der Waals surface area contributed by atoms with Crippen LogP contribution in [0.15, 0.2) is 23.1 Å². The molecule has 1 atom stereocenters. The lowest BCUT2D eigenvalue weighted by Crippen LogP contribution is -2.34. The normalized spacial score (nSPS) is 13.1. The zero-order valence-corrected chi connectivity index (χ0v) is 12.1. The Morgan fingerprint density at radius 1 is 1.50 bits per heavy atom. The molecule has 0 fully saturated rings. The van der Waals surface area contributed by atoms with Gasteiger partial charge in [-0.1, -0.05) is 0 Å². The van der Waals surface area contributed by atoms with Crippen molar-refractivity contribution in [1.29, 1.82) is 0 Å². The average Bonchev–Trinajstić information content (AvgIpc) is 2.35. The summed E-state index contributed by atoms with van der Waals surface area (Å²) >= 11 is 0. The molecule has 1 aromatic carbocycles. The fourth-order valence-corrected chi connectivity index (χ4v) is 3.13. The maximum absolute atomic E-state index is 12.2. The minimum atomic E-state index is -3.95. The zero-order chi connectivity index (χ0) is 15.3. The summed E-state index contributed by atoms with van der Waals surface area (Å²) in [6, 6.07) is 3.26. The molecule has 0 saturated carbocycles. The van der Waals surface area contributed by atoms with Crippen LogP contribution in [0.3, 0.4) is 0 Å². The first-order valence-corrected chi connectivity index (χ1v) is 7.40. The fourth-order valence-electron chi connectivity index (χ4n) is 1.62. The van der Waals surface area contributed by atoms with Gasteiger partial charge in [-0.05, 0) is 31.5 Å². The molecule has 1 rings (SSSR count). The second-order valence-corrected chi connectivity index (χ2v) is 6.05. The van der Waals surface area contributed by atoms with Crippen LogP contribution < -0.4 is 10.5 Å². The Bertz CT molecular complexity index is 586. The summed E-state index contributed by atoms with van der Waals surface area (Å²) in [4.78, 5) is 10.7. The van der Waals surface area contributed by atoms with E-state index in [-0.39, 0.29) is 22.2 Å². The Labute approximate surface area is 117 Å². The van der Waals surface area contributed by atoms with E-state index in [0.29, 0.717) is 13.0 Å². The van der Waals surface area contributed by atoms with E-state index in [4.69, 9.17) is 15.6 Å². The number of aromatic carboxylic acids is 1. The highest BCUT2D eigenvalue weighted by molar-refractivity contribution is 7.89. The molecule has 0 aliphatic rings. The number of benzene rings is 1. The summed E-state index contributed by atoms with van der Waals surface area (Å²) in [7, 11) is -2.44. The van der Waals surface area contributed by atoms with Gasteiger partial charge in [-0.15, -0.1) is 0 Å². The van der Waals surface area contributed by atoms with Gasteiger partial charge >= 0.3 is 5.97 Å². The van der Waals surface area contributed by atoms with Crippen LogP contribution >= 0.6 is 0 Å². The van der Waals surface area contributed by atoms with Gasteiger partial charge in [-0.2, -0.15) is 0 Å². The van der Waals surface area contributed by atoms with Crippen LogP contribution in [0, 0.1) is 0 Å². The zero-order valence-electron chi connectivity index (χ0n) is 11.3. The number of nitrogens with two attached hydrogens (primary N) is 1. The second-order valence-electron chi connectivity index (χ2n) is 4.36. The van der Waals surface area contributed by atoms with E-state index < -0.39 is 16.0 Å². The van der Waals surface area contributed by atoms with Gasteiger partial charge in [0.1, 0.15) is 0 Å². The molecule has 0 aliphatic carbocycles. The van der Waals surface area contributed by atoms with E-state index in [2.05, 4.69) is 4.72 Å². The quantitative estimate of drug-likeness (QED) is 0.637. The molecular formula is C12H18N2O5S. The number of carbonyl (C=O) groups is 1. The monoisotopic (exact) mass is 302 g/mol. The van der Waals surface area contributed by atoms with Crippen molar-refractivity contribution in [3.63, 3.8) is 0 Å². The third kappa shape index (κ3) is 4.19. The van der Waals surface area contributed by atoms with Crippen LogP contribution in [-0.4, -0.2) is 39.3 Å². The summed E-state index contributed by atoms with van der Waals surface area (Å²) in [5.41, 5.74) is 5.40.